The van der Waals surface area contributed by atoms with Crippen LogP contribution in [0, 0.1) is 0 Å². The minimum atomic E-state index is -0.990. The van der Waals surface area contributed by atoms with E-state index in [2.05, 4.69) is 10.4 Å². The molecule has 1 aromatic carbocycles. The van der Waals surface area contributed by atoms with Crippen molar-refractivity contribution >= 4 is 17.7 Å². The Morgan fingerprint density at radius 2 is 2.09 bits per heavy atom. The highest BCUT2D eigenvalue weighted by Gasteiger charge is 2.08. The number of nitrogens with zero attached hydrogens (tertiary/aromatic N) is 2. The number of benzene rings is 1. The predicted molar refractivity (Wildman–Crippen MR) is 79.4 cm³/mol. The molecule has 1 aromatic heterocycles. The summed E-state index contributed by atoms with van der Waals surface area (Å²) in [6.07, 6.45) is 1.71. The number of rotatable bonds is 7. The third kappa shape index (κ3) is 4.71. The Balaban J connectivity index is 1.93. The van der Waals surface area contributed by atoms with Gasteiger partial charge in [-0.05, 0) is 11.1 Å². The maximum Gasteiger partial charge on any atom is 0.325 e. The molecule has 2 rings (SSSR count). The van der Waals surface area contributed by atoms with E-state index in [-0.39, 0.29) is 18.9 Å². The Kier molecular flexibility index (Phi) is 5.26. The van der Waals surface area contributed by atoms with Gasteiger partial charge in [-0.25, -0.2) is 0 Å². The Hall–Kier alpha value is -2.67. The summed E-state index contributed by atoms with van der Waals surface area (Å²) in [5, 5.41) is 15.3. The number of hydrogen-bond donors (Lipinski definition) is 2. The number of anilines is 1. The smallest absolute Gasteiger partial charge is 0.325 e. The normalized spacial score (nSPS) is 10.4. The average Bonchev–Trinajstić information content (AvgIpc) is 2.85. The molecule has 7 heteroatoms. The number of hydrogen-bond acceptors (Lipinski definition) is 4. The third-order valence-electron chi connectivity index (χ3n) is 2.87. The highest BCUT2D eigenvalue weighted by atomic mass is 16.5. The molecule has 116 valence electrons. The standard InChI is InChI=1S/C15H17N3O4/c1-22-10-12-4-2-3-11(7-12)8-14(19)16-13-5-6-18(17-13)9-15(20)21/h2-7H,8-10H2,1H3,(H,20,21)(H,16,17,19). The van der Waals surface area contributed by atoms with Crippen molar-refractivity contribution in [3.63, 3.8) is 0 Å². The van der Waals surface area contributed by atoms with Gasteiger partial charge in [-0.2, -0.15) is 5.10 Å². The van der Waals surface area contributed by atoms with E-state index in [4.69, 9.17) is 9.84 Å². The zero-order chi connectivity index (χ0) is 15.9. The lowest BCUT2D eigenvalue weighted by Crippen LogP contribution is -2.16. The van der Waals surface area contributed by atoms with Crippen LogP contribution < -0.4 is 5.32 Å². The summed E-state index contributed by atoms with van der Waals surface area (Å²) in [5.41, 5.74) is 1.87. The molecule has 2 N–H and O–H groups in total. The van der Waals surface area contributed by atoms with Gasteiger partial charge in [-0.15, -0.1) is 0 Å². The number of aliphatic carboxylic acids is 1. The van der Waals surface area contributed by atoms with E-state index < -0.39 is 5.97 Å². The van der Waals surface area contributed by atoms with Gasteiger partial charge < -0.3 is 15.2 Å². The van der Waals surface area contributed by atoms with Crippen molar-refractivity contribution < 1.29 is 19.4 Å². The molecule has 0 saturated carbocycles. The van der Waals surface area contributed by atoms with Gasteiger partial charge in [0.15, 0.2) is 5.82 Å². The second kappa shape index (κ2) is 7.37. The molecule has 0 spiro atoms. The number of amides is 1. The number of carboxylic acid groups (broad SMARTS) is 1. The highest BCUT2D eigenvalue weighted by molar-refractivity contribution is 5.91. The fourth-order valence-corrected chi connectivity index (χ4v) is 2.02. The van der Waals surface area contributed by atoms with Crippen LogP contribution in [0.4, 0.5) is 5.82 Å². The Labute approximate surface area is 127 Å². The van der Waals surface area contributed by atoms with Crippen molar-refractivity contribution in [1.29, 1.82) is 0 Å². The van der Waals surface area contributed by atoms with Crippen LogP contribution in [0.5, 0.6) is 0 Å². The molecule has 0 atom stereocenters. The molecule has 2 aromatic rings. The Morgan fingerprint density at radius 3 is 2.82 bits per heavy atom. The lowest BCUT2D eigenvalue weighted by Gasteiger charge is -2.05. The molecule has 7 nitrogen and oxygen atoms in total. The SMILES string of the molecule is COCc1cccc(CC(=O)Nc2ccn(CC(=O)O)n2)c1. The second-order valence-electron chi connectivity index (χ2n) is 4.77. The lowest BCUT2D eigenvalue weighted by molar-refractivity contribution is -0.137. The van der Waals surface area contributed by atoms with Gasteiger partial charge in [-0.3, -0.25) is 14.3 Å². The summed E-state index contributed by atoms with van der Waals surface area (Å²) in [7, 11) is 1.62. The van der Waals surface area contributed by atoms with Gasteiger partial charge in [0.1, 0.15) is 6.54 Å². The summed E-state index contributed by atoms with van der Waals surface area (Å²) in [6.45, 7) is 0.254. The number of aromatic nitrogens is 2. The van der Waals surface area contributed by atoms with Crippen LogP contribution >= 0.6 is 0 Å². The van der Waals surface area contributed by atoms with Crippen molar-refractivity contribution in [2.24, 2.45) is 0 Å². The molecule has 22 heavy (non-hydrogen) atoms. The van der Waals surface area contributed by atoms with Crippen molar-refractivity contribution in [2.45, 2.75) is 19.6 Å². The van der Waals surface area contributed by atoms with Crippen molar-refractivity contribution in [1.82, 2.24) is 9.78 Å². The van der Waals surface area contributed by atoms with Crippen LogP contribution in [-0.2, 0) is 33.9 Å². The Morgan fingerprint density at radius 1 is 1.32 bits per heavy atom. The molecule has 0 unspecified atom stereocenters. The van der Waals surface area contributed by atoms with E-state index in [9.17, 15) is 9.59 Å². The molecule has 0 aliphatic rings. The van der Waals surface area contributed by atoms with Crippen LogP contribution in [0.25, 0.3) is 0 Å². The first kappa shape index (κ1) is 15.7. The summed E-state index contributed by atoms with van der Waals surface area (Å²) in [4.78, 5) is 22.5. The van der Waals surface area contributed by atoms with E-state index in [0.29, 0.717) is 12.4 Å². The monoisotopic (exact) mass is 303 g/mol. The van der Waals surface area contributed by atoms with Crippen LogP contribution in [0.2, 0.25) is 0 Å². The van der Waals surface area contributed by atoms with Crippen LogP contribution in [0.3, 0.4) is 0 Å². The summed E-state index contributed by atoms with van der Waals surface area (Å²) in [6, 6.07) is 9.13. The molecule has 0 saturated heterocycles. The molecule has 0 aliphatic carbocycles. The predicted octanol–water partition coefficient (Wildman–Crippen LogP) is 1.30. The lowest BCUT2D eigenvalue weighted by atomic mass is 10.1. The van der Waals surface area contributed by atoms with Crippen LogP contribution in [-0.4, -0.2) is 33.9 Å². The number of nitrogens with one attached hydrogen (secondary N) is 1. The van der Waals surface area contributed by atoms with Gasteiger partial charge in [-0.1, -0.05) is 24.3 Å². The van der Waals surface area contributed by atoms with E-state index >= 15 is 0 Å². The molecule has 1 amide bonds. The summed E-state index contributed by atoms with van der Waals surface area (Å²) < 4.78 is 6.30. The van der Waals surface area contributed by atoms with Gasteiger partial charge in [0.2, 0.25) is 5.91 Å². The van der Waals surface area contributed by atoms with Crippen molar-refractivity contribution in [2.75, 3.05) is 12.4 Å². The maximum absolute atomic E-state index is 12.0. The number of carboxylic acids is 1. The summed E-state index contributed by atoms with van der Waals surface area (Å²) in [5.74, 6) is -0.870. The minimum absolute atomic E-state index is 0.212. The second-order valence-corrected chi connectivity index (χ2v) is 4.77. The van der Waals surface area contributed by atoms with Gasteiger partial charge in [0.25, 0.3) is 0 Å². The van der Waals surface area contributed by atoms with E-state index in [1.807, 2.05) is 24.3 Å². The number of carbonyl (C=O) groups excluding carboxylic acids is 1. The fourth-order valence-electron chi connectivity index (χ4n) is 2.02. The average molecular weight is 303 g/mol. The molecule has 0 radical (unpaired) electrons. The maximum atomic E-state index is 12.0. The number of ether oxygens (including phenoxy) is 1. The van der Waals surface area contributed by atoms with E-state index in [1.165, 1.54) is 10.9 Å². The minimum Gasteiger partial charge on any atom is -0.480 e. The van der Waals surface area contributed by atoms with Gasteiger partial charge in [0.05, 0.1) is 13.0 Å². The zero-order valence-electron chi connectivity index (χ0n) is 12.2. The highest BCUT2D eigenvalue weighted by Crippen LogP contribution is 2.09. The first-order chi connectivity index (χ1) is 10.6. The zero-order valence-corrected chi connectivity index (χ0v) is 12.2. The van der Waals surface area contributed by atoms with E-state index in [0.717, 1.165) is 11.1 Å². The quantitative estimate of drug-likeness (QED) is 0.804. The van der Waals surface area contributed by atoms with Crippen molar-refractivity contribution in [3.05, 3.63) is 47.7 Å². The van der Waals surface area contributed by atoms with Gasteiger partial charge in [0, 0.05) is 19.4 Å². The molecular weight excluding hydrogens is 286 g/mol. The largest absolute Gasteiger partial charge is 0.480 e. The van der Waals surface area contributed by atoms with Gasteiger partial charge >= 0.3 is 5.97 Å². The van der Waals surface area contributed by atoms with E-state index in [1.54, 1.807) is 13.2 Å². The van der Waals surface area contributed by atoms with Crippen LogP contribution in [0.15, 0.2) is 36.5 Å². The Bertz CT molecular complexity index is 666. The topological polar surface area (TPSA) is 93.5 Å². The molecule has 0 fully saturated rings. The third-order valence-corrected chi connectivity index (χ3v) is 2.87. The molecule has 1 heterocycles. The number of methoxy groups -OCH3 is 1. The molecule has 0 aliphatic heterocycles. The van der Waals surface area contributed by atoms with Crippen molar-refractivity contribution in [3.8, 4) is 0 Å². The first-order valence-electron chi connectivity index (χ1n) is 6.68. The molecule has 0 bridgehead atoms. The first-order valence-corrected chi connectivity index (χ1v) is 6.68. The van der Waals surface area contributed by atoms with Crippen LogP contribution in [0.1, 0.15) is 11.1 Å². The summed E-state index contributed by atoms with van der Waals surface area (Å²) >= 11 is 0. The number of carbonyl (C=O) groups is 2. The molecular formula is C15H17N3O4. The fraction of sp³-hybridized carbons (Fsp3) is 0.267.